The predicted molar refractivity (Wildman–Crippen MR) is 26.9 cm³/mol. The summed E-state index contributed by atoms with van der Waals surface area (Å²) in [6.45, 7) is 0. The summed E-state index contributed by atoms with van der Waals surface area (Å²) in [5.41, 5.74) is 0. The topological polar surface area (TPSA) is 20.2 Å². The zero-order chi connectivity index (χ0) is 6.85. The quantitative estimate of drug-likeness (QED) is 0.562. The maximum Gasteiger partial charge on any atom is 0.175 e. The first-order valence-electron chi connectivity index (χ1n) is 2.26. The third-order valence-corrected chi connectivity index (χ3v) is 0.842. The van der Waals surface area contributed by atoms with Crippen LogP contribution in [0.1, 0.15) is 0 Å². The molecule has 0 fully saturated rings. The molecular formula is C6H3F2O. The van der Waals surface area contributed by atoms with Gasteiger partial charge in [0.25, 0.3) is 0 Å². The molecule has 1 nitrogen and oxygen atoms in total. The largest absolute Gasteiger partial charge is 0.505 e. The number of rotatable bonds is 0. The Kier molecular flexibility index (Phi) is 1.34. The van der Waals surface area contributed by atoms with Crippen LogP contribution < -0.4 is 0 Å². The van der Waals surface area contributed by atoms with E-state index in [0.717, 1.165) is 12.1 Å². The van der Waals surface area contributed by atoms with Gasteiger partial charge in [-0.25, -0.2) is 8.78 Å². The Morgan fingerprint density at radius 1 is 1.33 bits per heavy atom. The molecule has 0 unspecified atom stereocenters. The maximum absolute atomic E-state index is 12.0. The van der Waals surface area contributed by atoms with Gasteiger partial charge in [-0.3, -0.25) is 0 Å². The average molecular weight is 129 g/mol. The van der Waals surface area contributed by atoms with E-state index in [1.54, 1.807) is 6.07 Å². The maximum atomic E-state index is 12.0. The number of aromatic hydroxyl groups is 1. The molecule has 0 spiro atoms. The summed E-state index contributed by atoms with van der Waals surface area (Å²) < 4.78 is 24.0. The van der Waals surface area contributed by atoms with Crippen molar-refractivity contribution in [2.75, 3.05) is 0 Å². The van der Waals surface area contributed by atoms with Crippen LogP contribution in [0.15, 0.2) is 12.1 Å². The smallest absolute Gasteiger partial charge is 0.175 e. The number of phenolic OH excluding ortho intramolecular Hbond substituents is 1. The molecule has 0 heterocycles. The first-order valence-corrected chi connectivity index (χ1v) is 2.26. The first kappa shape index (κ1) is 6.01. The van der Waals surface area contributed by atoms with Crippen LogP contribution in [0, 0.1) is 17.7 Å². The highest BCUT2D eigenvalue weighted by Crippen LogP contribution is 2.13. The van der Waals surface area contributed by atoms with Crippen molar-refractivity contribution >= 4 is 0 Å². The van der Waals surface area contributed by atoms with Crippen LogP contribution in [0.2, 0.25) is 0 Å². The molecule has 47 valence electrons. The van der Waals surface area contributed by atoms with E-state index in [9.17, 15) is 8.78 Å². The molecule has 3 heteroatoms. The van der Waals surface area contributed by atoms with Crippen molar-refractivity contribution in [1.82, 2.24) is 0 Å². The van der Waals surface area contributed by atoms with Gasteiger partial charge >= 0.3 is 0 Å². The summed E-state index contributed by atoms with van der Waals surface area (Å²) in [4.78, 5) is 0. The lowest BCUT2D eigenvalue weighted by Crippen LogP contribution is -1.78. The van der Waals surface area contributed by atoms with Crippen LogP contribution in [0.3, 0.4) is 0 Å². The lowest BCUT2D eigenvalue weighted by atomic mass is 10.3. The first-order chi connectivity index (χ1) is 4.20. The Balaban J connectivity index is 3.17. The van der Waals surface area contributed by atoms with Crippen molar-refractivity contribution in [2.45, 2.75) is 0 Å². The highest BCUT2D eigenvalue weighted by Gasteiger charge is 1.99. The van der Waals surface area contributed by atoms with Crippen LogP contribution in [0.5, 0.6) is 5.75 Å². The highest BCUT2D eigenvalue weighted by molar-refractivity contribution is 5.21. The normalized spacial score (nSPS) is 9.56. The second-order valence-electron chi connectivity index (χ2n) is 1.51. The number of halogens is 2. The fraction of sp³-hybridized carbons (Fsp3) is 0. The molecule has 1 aromatic rings. The minimum Gasteiger partial charge on any atom is -0.505 e. The molecular weight excluding hydrogens is 126 g/mol. The van der Waals surface area contributed by atoms with E-state index in [2.05, 4.69) is 0 Å². The van der Waals surface area contributed by atoms with Gasteiger partial charge in [-0.15, -0.1) is 0 Å². The standard InChI is InChI=1S/C6H3F2O/c7-4-1-2-6(9)5(8)3-4/h1-2,9H. The molecule has 0 aliphatic carbocycles. The summed E-state index contributed by atoms with van der Waals surface area (Å²) in [7, 11) is 0. The van der Waals surface area contributed by atoms with E-state index in [4.69, 9.17) is 5.11 Å². The molecule has 0 saturated carbocycles. The number of hydrogen-bond acceptors (Lipinski definition) is 1. The summed E-state index contributed by atoms with van der Waals surface area (Å²) in [5.74, 6) is -2.46. The van der Waals surface area contributed by atoms with E-state index in [1.807, 2.05) is 0 Å². The van der Waals surface area contributed by atoms with Crippen LogP contribution in [-0.4, -0.2) is 5.11 Å². The Morgan fingerprint density at radius 3 is 2.44 bits per heavy atom. The Morgan fingerprint density at radius 2 is 2.00 bits per heavy atom. The number of phenols is 1. The van der Waals surface area contributed by atoms with Crippen LogP contribution in [0.4, 0.5) is 8.78 Å². The molecule has 0 atom stereocenters. The van der Waals surface area contributed by atoms with Gasteiger partial charge < -0.3 is 5.11 Å². The molecule has 9 heavy (non-hydrogen) atoms. The van der Waals surface area contributed by atoms with E-state index < -0.39 is 17.4 Å². The lowest BCUT2D eigenvalue weighted by molar-refractivity contribution is 0.427. The predicted octanol–water partition coefficient (Wildman–Crippen LogP) is 1.47. The summed E-state index contributed by atoms with van der Waals surface area (Å²) in [6, 6.07) is 3.52. The minimum atomic E-state index is -1.06. The van der Waals surface area contributed by atoms with Crippen molar-refractivity contribution in [1.29, 1.82) is 0 Å². The molecule has 1 N–H and O–H groups in total. The Bertz CT molecular complexity index is 222. The van der Waals surface area contributed by atoms with Crippen molar-refractivity contribution in [3.05, 3.63) is 29.8 Å². The number of benzene rings is 1. The van der Waals surface area contributed by atoms with Crippen molar-refractivity contribution < 1.29 is 13.9 Å². The molecule has 0 aliphatic rings. The highest BCUT2D eigenvalue weighted by atomic mass is 19.1. The molecule has 0 aliphatic heterocycles. The van der Waals surface area contributed by atoms with Gasteiger partial charge in [0.1, 0.15) is 5.82 Å². The summed E-state index contributed by atoms with van der Waals surface area (Å²) in [5, 5.41) is 8.47. The molecule has 0 amide bonds. The second-order valence-corrected chi connectivity index (χ2v) is 1.51. The van der Waals surface area contributed by atoms with Crippen LogP contribution in [0.25, 0.3) is 0 Å². The van der Waals surface area contributed by atoms with E-state index in [1.165, 1.54) is 0 Å². The zero-order valence-corrected chi connectivity index (χ0v) is 4.36. The van der Waals surface area contributed by atoms with Crippen molar-refractivity contribution in [2.24, 2.45) is 0 Å². The molecule has 1 rings (SSSR count). The van der Waals surface area contributed by atoms with Gasteiger partial charge in [0, 0.05) is 0 Å². The van der Waals surface area contributed by atoms with Crippen LogP contribution in [-0.2, 0) is 0 Å². The Labute approximate surface area is 50.6 Å². The van der Waals surface area contributed by atoms with Gasteiger partial charge in [-0.1, -0.05) is 0 Å². The molecule has 0 saturated heterocycles. The zero-order valence-electron chi connectivity index (χ0n) is 4.36. The lowest BCUT2D eigenvalue weighted by Gasteiger charge is -1.90. The van der Waals surface area contributed by atoms with Gasteiger partial charge in [-0.2, -0.15) is 0 Å². The molecule has 1 aromatic carbocycles. The van der Waals surface area contributed by atoms with Crippen molar-refractivity contribution in [3.8, 4) is 5.75 Å². The summed E-state index contributed by atoms with van der Waals surface area (Å²) in [6.07, 6.45) is 0. The van der Waals surface area contributed by atoms with E-state index in [-0.39, 0.29) is 0 Å². The number of hydrogen-bond donors (Lipinski definition) is 1. The van der Waals surface area contributed by atoms with Gasteiger partial charge in [-0.05, 0) is 12.1 Å². The fourth-order valence-electron chi connectivity index (χ4n) is 0.436. The molecule has 1 radical (unpaired) electrons. The SMILES string of the molecule is Oc1ccc(F)[c]c1F. The monoisotopic (exact) mass is 129 g/mol. The van der Waals surface area contributed by atoms with E-state index >= 15 is 0 Å². The third kappa shape index (κ3) is 1.16. The minimum absolute atomic E-state index is 0.587. The van der Waals surface area contributed by atoms with Gasteiger partial charge in [0.05, 0.1) is 6.07 Å². The van der Waals surface area contributed by atoms with Gasteiger partial charge in [0.15, 0.2) is 11.6 Å². The van der Waals surface area contributed by atoms with Gasteiger partial charge in [0.2, 0.25) is 0 Å². The third-order valence-electron chi connectivity index (χ3n) is 0.842. The van der Waals surface area contributed by atoms with Crippen LogP contribution >= 0.6 is 0 Å². The average Bonchev–Trinajstić information content (AvgIpc) is 1.80. The fourth-order valence-corrected chi connectivity index (χ4v) is 0.436. The van der Waals surface area contributed by atoms with Crippen molar-refractivity contribution in [3.63, 3.8) is 0 Å². The Hall–Kier alpha value is -1.12. The van der Waals surface area contributed by atoms with E-state index in [0.29, 0.717) is 0 Å². The molecule has 0 bridgehead atoms. The molecule has 0 aromatic heterocycles. The summed E-state index contributed by atoms with van der Waals surface area (Å²) >= 11 is 0. The second kappa shape index (κ2) is 2.01.